The molecule has 72 valence electrons. The van der Waals surface area contributed by atoms with Crippen molar-refractivity contribution in [2.24, 2.45) is 0 Å². The van der Waals surface area contributed by atoms with Crippen LogP contribution >= 0.6 is 11.6 Å². The number of imidazole rings is 1. The van der Waals surface area contributed by atoms with Crippen molar-refractivity contribution >= 4 is 17.3 Å². The van der Waals surface area contributed by atoms with Crippen molar-refractivity contribution in [1.29, 1.82) is 0 Å². The number of nitrogen functional groups attached to an aromatic ring is 1. The fraction of sp³-hybridized carbons (Fsp3) is 0.100. The minimum absolute atomic E-state index is 0.667. The Labute approximate surface area is 87.1 Å². The van der Waals surface area contributed by atoms with Crippen LogP contribution in [0, 0.1) is 6.92 Å². The highest BCUT2D eigenvalue weighted by molar-refractivity contribution is 6.32. The lowest BCUT2D eigenvalue weighted by molar-refractivity contribution is 1.01. The van der Waals surface area contributed by atoms with Gasteiger partial charge < -0.3 is 10.3 Å². The molecule has 1 aromatic heterocycles. The number of benzene rings is 1. The first kappa shape index (κ1) is 9.09. The van der Waals surface area contributed by atoms with Crippen LogP contribution in [0.5, 0.6) is 0 Å². The molecule has 0 unspecified atom stereocenters. The third-order valence-electron chi connectivity index (χ3n) is 2.05. The second-order valence-electron chi connectivity index (χ2n) is 3.12. The summed E-state index contributed by atoms with van der Waals surface area (Å²) in [6.07, 6.45) is 3.50. The minimum atomic E-state index is 0.667. The molecule has 0 radical (unpaired) electrons. The molecule has 0 amide bonds. The molecule has 0 saturated heterocycles. The van der Waals surface area contributed by atoms with Crippen LogP contribution in [0.2, 0.25) is 5.02 Å². The van der Waals surface area contributed by atoms with Gasteiger partial charge in [0.25, 0.3) is 0 Å². The Bertz CT molecular complexity index is 462. The first-order valence-electron chi connectivity index (χ1n) is 4.23. The molecule has 0 fully saturated rings. The largest absolute Gasteiger partial charge is 0.399 e. The molecule has 0 atom stereocenters. The van der Waals surface area contributed by atoms with E-state index in [1.54, 1.807) is 24.7 Å². The lowest BCUT2D eigenvalue weighted by Crippen LogP contribution is -1.97. The smallest absolute Gasteiger partial charge is 0.0994 e. The maximum absolute atomic E-state index is 6.06. The summed E-state index contributed by atoms with van der Waals surface area (Å²) >= 11 is 6.06. The van der Waals surface area contributed by atoms with Crippen molar-refractivity contribution in [2.75, 3.05) is 5.73 Å². The molecule has 0 bridgehead atoms. The van der Waals surface area contributed by atoms with Crippen LogP contribution in [0.1, 0.15) is 5.69 Å². The molecule has 4 heteroatoms. The van der Waals surface area contributed by atoms with Crippen LogP contribution in [0.25, 0.3) is 5.69 Å². The van der Waals surface area contributed by atoms with E-state index in [0.717, 1.165) is 11.4 Å². The summed E-state index contributed by atoms with van der Waals surface area (Å²) in [4.78, 5) is 4.03. The number of rotatable bonds is 1. The van der Waals surface area contributed by atoms with E-state index in [2.05, 4.69) is 4.98 Å². The van der Waals surface area contributed by atoms with Gasteiger partial charge in [-0.3, -0.25) is 0 Å². The third kappa shape index (κ3) is 1.46. The summed E-state index contributed by atoms with van der Waals surface area (Å²) in [7, 11) is 0. The zero-order valence-electron chi connectivity index (χ0n) is 7.74. The van der Waals surface area contributed by atoms with Gasteiger partial charge >= 0.3 is 0 Å². The highest BCUT2D eigenvalue weighted by atomic mass is 35.5. The molecule has 0 spiro atoms. The number of aryl methyl sites for hydroxylation is 1. The Morgan fingerprint density at radius 1 is 1.43 bits per heavy atom. The van der Waals surface area contributed by atoms with Crippen LogP contribution in [0.3, 0.4) is 0 Å². The summed E-state index contributed by atoms with van der Waals surface area (Å²) in [5.41, 5.74) is 8.27. The van der Waals surface area contributed by atoms with Gasteiger partial charge in [-0.25, -0.2) is 4.98 Å². The number of hydrogen-bond donors (Lipinski definition) is 1. The number of aromatic nitrogens is 2. The summed E-state index contributed by atoms with van der Waals surface area (Å²) in [6.45, 7) is 1.96. The van der Waals surface area contributed by atoms with Gasteiger partial charge in [0.2, 0.25) is 0 Å². The minimum Gasteiger partial charge on any atom is -0.399 e. The Morgan fingerprint density at radius 2 is 2.21 bits per heavy atom. The second kappa shape index (κ2) is 3.35. The van der Waals surface area contributed by atoms with E-state index in [1.165, 1.54) is 0 Å². The van der Waals surface area contributed by atoms with Gasteiger partial charge in [0.15, 0.2) is 0 Å². The average Bonchev–Trinajstić information content (AvgIpc) is 2.56. The highest BCUT2D eigenvalue weighted by Crippen LogP contribution is 2.23. The van der Waals surface area contributed by atoms with Gasteiger partial charge in [-0.2, -0.15) is 0 Å². The summed E-state index contributed by atoms with van der Waals surface area (Å²) < 4.78 is 1.90. The Morgan fingerprint density at radius 3 is 2.86 bits per heavy atom. The SMILES string of the molecule is Cc1cncn1-c1cc(N)ccc1Cl. The van der Waals surface area contributed by atoms with Crippen LogP contribution in [-0.2, 0) is 0 Å². The third-order valence-corrected chi connectivity index (χ3v) is 2.37. The van der Waals surface area contributed by atoms with Gasteiger partial charge in [0.05, 0.1) is 17.0 Å². The van der Waals surface area contributed by atoms with Crippen molar-refractivity contribution in [3.8, 4) is 5.69 Å². The number of anilines is 1. The monoisotopic (exact) mass is 207 g/mol. The van der Waals surface area contributed by atoms with Crippen molar-refractivity contribution < 1.29 is 0 Å². The zero-order valence-corrected chi connectivity index (χ0v) is 8.49. The molecule has 2 aromatic rings. The Kier molecular flexibility index (Phi) is 2.17. The maximum Gasteiger partial charge on any atom is 0.0994 e. The van der Waals surface area contributed by atoms with Crippen LogP contribution in [0.15, 0.2) is 30.7 Å². The van der Waals surface area contributed by atoms with E-state index >= 15 is 0 Å². The maximum atomic E-state index is 6.06. The van der Waals surface area contributed by atoms with E-state index in [4.69, 9.17) is 17.3 Å². The molecule has 0 aliphatic heterocycles. The molecule has 2 N–H and O–H groups in total. The van der Waals surface area contributed by atoms with Crippen molar-refractivity contribution in [2.45, 2.75) is 6.92 Å². The van der Waals surface area contributed by atoms with E-state index in [0.29, 0.717) is 10.7 Å². The molecular weight excluding hydrogens is 198 g/mol. The standard InChI is InChI=1S/C10H10ClN3/c1-7-5-13-6-14(7)10-4-8(12)2-3-9(10)11/h2-6H,12H2,1H3. The Hall–Kier alpha value is -1.48. The van der Waals surface area contributed by atoms with Gasteiger partial charge in [-0.15, -0.1) is 0 Å². The van der Waals surface area contributed by atoms with Gasteiger partial charge in [0.1, 0.15) is 0 Å². The number of hydrogen-bond acceptors (Lipinski definition) is 2. The quantitative estimate of drug-likeness (QED) is 0.730. The fourth-order valence-corrected chi connectivity index (χ4v) is 1.54. The van der Waals surface area contributed by atoms with E-state index in [-0.39, 0.29) is 0 Å². The predicted molar refractivity (Wildman–Crippen MR) is 57.7 cm³/mol. The molecular formula is C10H10ClN3. The van der Waals surface area contributed by atoms with Crippen LogP contribution in [-0.4, -0.2) is 9.55 Å². The molecule has 0 saturated carbocycles. The second-order valence-corrected chi connectivity index (χ2v) is 3.52. The molecule has 2 rings (SSSR count). The normalized spacial score (nSPS) is 10.4. The summed E-state index contributed by atoms with van der Waals surface area (Å²) in [5.74, 6) is 0. The molecule has 0 aliphatic rings. The first-order chi connectivity index (χ1) is 6.68. The molecule has 0 aliphatic carbocycles. The predicted octanol–water partition coefficient (Wildman–Crippen LogP) is 2.42. The van der Waals surface area contributed by atoms with Gasteiger partial charge in [-0.1, -0.05) is 11.6 Å². The molecule has 1 heterocycles. The highest BCUT2D eigenvalue weighted by Gasteiger charge is 2.04. The summed E-state index contributed by atoms with van der Waals surface area (Å²) in [6, 6.07) is 5.39. The van der Waals surface area contributed by atoms with Crippen LogP contribution < -0.4 is 5.73 Å². The van der Waals surface area contributed by atoms with Crippen molar-refractivity contribution in [3.05, 3.63) is 41.4 Å². The topological polar surface area (TPSA) is 43.8 Å². The van der Waals surface area contributed by atoms with Crippen LogP contribution in [0.4, 0.5) is 5.69 Å². The van der Waals surface area contributed by atoms with Crippen molar-refractivity contribution in [3.63, 3.8) is 0 Å². The number of nitrogens with two attached hydrogens (primary N) is 1. The lowest BCUT2D eigenvalue weighted by atomic mass is 10.2. The lowest BCUT2D eigenvalue weighted by Gasteiger charge is -2.07. The van der Waals surface area contributed by atoms with Gasteiger partial charge in [0, 0.05) is 17.6 Å². The molecule has 14 heavy (non-hydrogen) atoms. The van der Waals surface area contributed by atoms with E-state index in [9.17, 15) is 0 Å². The Balaban J connectivity index is 2.62. The van der Waals surface area contributed by atoms with Crippen molar-refractivity contribution in [1.82, 2.24) is 9.55 Å². The van der Waals surface area contributed by atoms with E-state index < -0.39 is 0 Å². The molecule has 3 nitrogen and oxygen atoms in total. The number of halogens is 1. The van der Waals surface area contributed by atoms with E-state index in [1.807, 2.05) is 17.6 Å². The molecule has 1 aromatic carbocycles. The first-order valence-corrected chi connectivity index (χ1v) is 4.60. The summed E-state index contributed by atoms with van der Waals surface area (Å²) in [5, 5.41) is 0.667. The number of nitrogens with zero attached hydrogens (tertiary/aromatic N) is 2. The van der Waals surface area contributed by atoms with Gasteiger partial charge in [-0.05, 0) is 25.1 Å². The average molecular weight is 208 g/mol. The zero-order chi connectivity index (χ0) is 10.1. The fourth-order valence-electron chi connectivity index (χ4n) is 1.33.